The Morgan fingerprint density at radius 3 is 2.14 bits per heavy atom. The molecule has 0 aromatic heterocycles. The van der Waals surface area contributed by atoms with Crippen LogP contribution in [0.1, 0.15) is 32.6 Å². The van der Waals surface area contributed by atoms with Crippen molar-refractivity contribution in [3.05, 3.63) is 0 Å². The first-order valence-electron chi connectivity index (χ1n) is 5.01. The van der Waals surface area contributed by atoms with E-state index in [1.54, 1.807) is 0 Å². The van der Waals surface area contributed by atoms with Crippen molar-refractivity contribution in [3.63, 3.8) is 0 Å². The molecule has 1 saturated carbocycles. The highest BCUT2D eigenvalue weighted by Crippen LogP contribution is 2.35. The molecule has 2 N–H and O–H groups in total. The van der Waals surface area contributed by atoms with E-state index in [0.29, 0.717) is 18.8 Å². The van der Waals surface area contributed by atoms with E-state index in [1.165, 1.54) is 0 Å². The molecule has 4 nitrogen and oxygen atoms in total. The first kappa shape index (κ1) is 11.0. The van der Waals surface area contributed by atoms with Crippen molar-refractivity contribution in [3.8, 4) is 0 Å². The Hall–Kier alpha value is -1.06. The number of aliphatic carboxylic acids is 2. The summed E-state index contributed by atoms with van der Waals surface area (Å²) in [5, 5.41) is 17.8. The van der Waals surface area contributed by atoms with Gasteiger partial charge in [0.05, 0.1) is 11.8 Å². The van der Waals surface area contributed by atoms with Crippen molar-refractivity contribution < 1.29 is 19.8 Å². The molecular formula is C10H16O4. The van der Waals surface area contributed by atoms with Gasteiger partial charge in [0.15, 0.2) is 0 Å². The minimum absolute atomic E-state index is 0.381. The zero-order valence-electron chi connectivity index (χ0n) is 8.27. The molecule has 1 fully saturated rings. The smallest absolute Gasteiger partial charge is 0.307 e. The van der Waals surface area contributed by atoms with Crippen LogP contribution in [0.5, 0.6) is 0 Å². The van der Waals surface area contributed by atoms with Gasteiger partial charge < -0.3 is 10.2 Å². The summed E-state index contributed by atoms with van der Waals surface area (Å²) >= 11 is 0. The van der Waals surface area contributed by atoms with Crippen LogP contribution in [0.2, 0.25) is 0 Å². The Bertz CT molecular complexity index is 236. The molecule has 0 aliphatic heterocycles. The zero-order valence-corrected chi connectivity index (χ0v) is 8.27. The van der Waals surface area contributed by atoms with Crippen LogP contribution in [-0.2, 0) is 9.59 Å². The summed E-state index contributed by atoms with van der Waals surface area (Å²) in [6.07, 6.45) is 2.81. The van der Waals surface area contributed by atoms with E-state index in [-0.39, 0.29) is 0 Å². The van der Waals surface area contributed by atoms with Crippen LogP contribution < -0.4 is 0 Å². The van der Waals surface area contributed by atoms with E-state index >= 15 is 0 Å². The summed E-state index contributed by atoms with van der Waals surface area (Å²) in [4.78, 5) is 21.7. The Kier molecular flexibility index (Phi) is 3.49. The Morgan fingerprint density at radius 2 is 1.71 bits per heavy atom. The second-order valence-corrected chi connectivity index (χ2v) is 3.98. The van der Waals surface area contributed by atoms with Gasteiger partial charge in [-0.25, -0.2) is 0 Å². The molecule has 0 saturated heterocycles. The van der Waals surface area contributed by atoms with Crippen LogP contribution in [0.25, 0.3) is 0 Å². The number of hydrogen-bond acceptors (Lipinski definition) is 2. The molecule has 1 rings (SSSR count). The van der Waals surface area contributed by atoms with Gasteiger partial charge in [0.1, 0.15) is 0 Å². The lowest BCUT2D eigenvalue weighted by atomic mass is 9.73. The summed E-state index contributed by atoms with van der Waals surface area (Å²) in [6, 6.07) is 0. The van der Waals surface area contributed by atoms with Gasteiger partial charge in [-0.05, 0) is 25.2 Å². The Balaban J connectivity index is 2.70. The molecule has 0 spiro atoms. The summed E-state index contributed by atoms with van der Waals surface area (Å²) < 4.78 is 0. The second kappa shape index (κ2) is 4.44. The SMILES string of the molecule is CCC1CCC(C(=O)O)C(C(=O)O)C1. The molecule has 0 bridgehead atoms. The van der Waals surface area contributed by atoms with E-state index in [2.05, 4.69) is 0 Å². The molecule has 4 heteroatoms. The molecule has 1 aliphatic rings. The lowest BCUT2D eigenvalue weighted by Gasteiger charge is -2.30. The average Bonchev–Trinajstić information content (AvgIpc) is 2.16. The molecule has 0 aromatic rings. The average molecular weight is 200 g/mol. The highest BCUT2D eigenvalue weighted by atomic mass is 16.4. The van der Waals surface area contributed by atoms with Crippen LogP contribution in [0.3, 0.4) is 0 Å². The maximum absolute atomic E-state index is 10.9. The standard InChI is InChI=1S/C10H16O4/c1-2-6-3-4-7(9(11)12)8(5-6)10(13)14/h6-8H,2-5H2,1H3,(H,11,12)(H,13,14). The van der Waals surface area contributed by atoms with Gasteiger partial charge in [-0.2, -0.15) is 0 Å². The molecule has 0 heterocycles. The Morgan fingerprint density at radius 1 is 1.14 bits per heavy atom. The van der Waals surface area contributed by atoms with Crippen molar-refractivity contribution in [2.45, 2.75) is 32.6 Å². The summed E-state index contributed by atoms with van der Waals surface area (Å²) in [5.41, 5.74) is 0. The van der Waals surface area contributed by atoms with Gasteiger partial charge in [0.2, 0.25) is 0 Å². The highest BCUT2D eigenvalue weighted by Gasteiger charge is 2.38. The summed E-state index contributed by atoms with van der Waals surface area (Å²) in [7, 11) is 0. The molecule has 14 heavy (non-hydrogen) atoms. The maximum Gasteiger partial charge on any atom is 0.307 e. The van der Waals surface area contributed by atoms with Crippen LogP contribution >= 0.6 is 0 Å². The van der Waals surface area contributed by atoms with Crippen molar-refractivity contribution in [1.29, 1.82) is 0 Å². The molecule has 3 atom stereocenters. The fraction of sp³-hybridized carbons (Fsp3) is 0.800. The van der Waals surface area contributed by atoms with Gasteiger partial charge in [-0.3, -0.25) is 9.59 Å². The molecular weight excluding hydrogens is 184 g/mol. The second-order valence-electron chi connectivity index (χ2n) is 3.98. The lowest BCUT2D eigenvalue weighted by Crippen LogP contribution is -2.35. The quantitative estimate of drug-likeness (QED) is 0.725. The van der Waals surface area contributed by atoms with Crippen molar-refractivity contribution in [2.24, 2.45) is 17.8 Å². The molecule has 0 radical (unpaired) electrons. The monoisotopic (exact) mass is 200 g/mol. The van der Waals surface area contributed by atoms with Gasteiger partial charge in [-0.1, -0.05) is 13.3 Å². The number of carboxylic acids is 2. The molecule has 3 unspecified atom stereocenters. The Labute approximate surface area is 82.9 Å². The molecule has 1 aliphatic carbocycles. The summed E-state index contributed by atoms with van der Waals surface area (Å²) in [6.45, 7) is 2.02. The third-order valence-electron chi connectivity index (χ3n) is 3.17. The molecule has 0 amide bonds. The fourth-order valence-corrected chi connectivity index (χ4v) is 2.20. The number of carbonyl (C=O) groups is 2. The predicted molar refractivity (Wildman–Crippen MR) is 49.9 cm³/mol. The highest BCUT2D eigenvalue weighted by molar-refractivity contribution is 5.80. The third kappa shape index (κ3) is 2.25. The van der Waals surface area contributed by atoms with Gasteiger partial charge in [0.25, 0.3) is 0 Å². The number of rotatable bonds is 3. The maximum atomic E-state index is 10.9. The third-order valence-corrected chi connectivity index (χ3v) is 3.17. The van der Waals surface area contributed by atoms with Crippen molar-refractivity contribution >= 4 is 11.9 Å². The van der Waals surface area contributed by atoms with Gasteiger partial charge in [0, 0.05) is 0 Å². The van der Waals surface area contributed by atoms with E-state index in [0.717, 1.165) is 12.8 Å². The number of hydrogen-bond donors (Lipinski definition) is 2. The zero-order chi connectivity index (χ0) is 10.7. The van der Waals surface area contributed by atoms with E-state index in [1.807, 2.05) is 6.92 Å². The predicted octanol–water partition coefficient (Wildman–Crippen LogP) is 1.60. The fourth-order valence-electron chi connectivity index (χ4n) is 2.20. The summed E-state index contributed by atoms with van der Waals surface area (Å²) in [5.74, 6) is -2.92. The van der Waals surface area contributed by atoms with Crippen molar-refractivity contribution in [2.75, 3.05) is 0 Å². The van der Waals surface area contributed by atoms with Crippen LogP contribution in [0.15, 0.2) is 0 Å². The minimum atomic E-state index is -0.966. The largest absolute Gasteiger partial charge is 0.481 e. The molecule has 80 valence electrons. The van der Waals surface area contributed by atoms with Crippen LogP contribution in [0.4, 0.5) is 0 Å². The first-order valence-corrected chi connectivity index (χ1v) is 5.01. The molecule has 0 aromatic carbocycles. The normalized spacial score (nSPS) is 32.5. The number of carboxylic acid groups (broad SMARTS) is 2. The first-order chi connectivity index (χ1) is 6.56. The van der Waals surface area contributed by atoms with Crippen LogP contribution in [0, 0.1) is 17.8 Å². The van der Waals surface area contributed by atoms with E-state index in [4.69, 9.17) is 10.2 Å². The van der Waals surface area contributed by atoms with Crippen LogP contribution in [-0.4, -0.2) is 22.2 Å². The lowest BCUT2D eigenvalue weighted by molar-refractivity contribution is -0.156. The minimum Gasteiger partial charge on any atom is -0.481 e. The van der Waals surface area contributed by atoms with E-state index in [9.17, 15) is 9.59 Å². The van der Waals surface area contributed by atoms with Gasteiger partial charge >= 0.3 is 11.9 Å². The van der Waals surface area contributed by atoms with E-state index < -0.39 is 23.8 Å². The van der Waals surface area contributed by atoms with Gasteiger partial charge in [-0.15, -0.1) is 0 Å². The topological polar surface area (TPSA) is 74.6 Å². The van der Waals surface area contributed by atoms with Crippen molar-refractivity contribution in [1.82, 2.24) is 0 Å².